The predicted octanol–water partition coefficient (Wildman–Crippen LogP) is 4.03. The number of carbonyl (C=O) groups excluding carboxylic acids is 2. The van der Waals surface area contributed by atoms with Crippen molar-refractivity contribution in [3.8, 4) is 0 Å². The van der Waals surface area contributed by atoms with Crippen molar-refractivity contribution in [1.82, 2.24) is 0 Å². The van der Waals surface area contributed by atoms with Crippen molar-refractivity contribution in [2.24, 2.45) is 11.8 Å². The van der Waals surface area contributed by atoms with Gasteiger partial charge in [-0.05, 0) is 39.5 Å². The largest absolute Gasteiger partial charge is 0.462 e. The van der Waals surface area contributed by atoms with Gasteiger partial charge in [-0.2, -0.15) is 0 Å². The summed E-state index contributed by atoms with van der Waals surface area (Å²) in [6.45, 7) is 7.91. The van der Waals surface area contributed by atoms with Crippen molar-refractivity contribution < 1.29 is 19.1 Å². The molecule has 1 aliphatic carbocycles. The average molecular weight is 310 g/mol. The molecule has 0 aromatic rings. The van der Waals surface area contributed by atoms with Gasteiger partial charge >= 0.3 is 11.9 Å². The number of rotatable bonds is 8. The molecule has 1 aliphatic rings. The van der Waals surface area contributed by atoms with Crippen LogP contribution in [0.5, 0.6) is 0 Å². The minimum Gasteiger partial charge on any atom is -0.462 e. The van der Waals surface area contributed by atoms with Gasteiger partial charge in [0.25, 0.3) is 0 Å². The Kier molecular flexibility index (Phi) is 8.21. The molecule has 126 valence electrons. The molecule has 0 bridgehead atoms. The summed E-state index contributed by atoms with van der Waals surface area (Å²) in [6.07, 6.45) is 8.63. The highest BCUT2D eigenvalue weighted by Gasteiger charge is 2.36. The lowest BCUT2D eigenvalue weighted by Crippen LogP contribution is -2.35. The van der Waals surface area contributed by atoms with E-state index in [0.29, 0.717) is 6.42 Å². The van der Waals surface area contributed by atoms with E-state index in [1.807, 2.05) is 19.9 Å². The first kappa shape index (κ1) is 18.7. The van der Waals surface area contributed by atoms with Crippen molar-refractivity contribution in [3.05, 3.63) is 12.2 Å². The number of carbonyl (C=O) groups is 2. The standard InChI is InChI=1S/C18H30O4/c1-5-9-13(3)21-17(19)15-11-7-8-12-16(15)18(20)22-14(4)10-6-2/h7,11,13-16H,5-6,8-10,12H2,1-4H3. The van der Waals surface area contributed by atoms with Gasteiger partial charge < -0.3 is 9.47 Å². The molecule has 0 amide bonds. The predicted molar refractivity (Wildman–Crippen MR) is 86.3 cm³/mol. The quantitative estimate of drug-likeness (QED) is 0.501. The van der Waals surface area contributed by atoms with E-state index in [2.05, 4.69) is 13.8 Å². The molecule has 0 heterocycles. The lowest BCUT2D eigenvalue weighted by atomic mass is 9.84. The first-order valence-electron chi connectivity index (χ1n) is 8.57. The summed E-state index contributed by atoms with van der Waals surface area (Å²) < 4.78 is 10.9. The molecule has 0 N–H and O–H groups in total. The zero-order valence-corrected chi connectivity index (χ0v) is 14.3. The first-order valence-corrected chi connectivity index (χ1v) is 8.57. The van der Waals surface area contributed by atoms with E-state index >= 15 is 0 Å². The molecule has 0 aromatic carbocycles. The molecule has 0 spiro atoms. The fourth-order valence-electron chi connectivity index (χ4n) is 2.83. The molecule has 4 atom stereocenters. The molecule has 4 heteroatoms. The Hall–Kier alpha value is -1.32. The summed E-state index contributed by atoms with van der Waals surface area (Å²) in [6, 6.07) is 0. The summed E-state index contributed by atoms with van der Waals surface area (Å²) in [5, 5.41) is 0. The van der Waals surface area contributed by atoms with Crippen molar-refractivity contribution in [1.29, 1.82) is 0 Å². The second-order valence-corrected chi connectivity index (χ2v) is 6.21. The van der Waals surface area contributed by atoms with Gasteiger partial charge in [0, 0.05) is 0 Å². The fourth-order valence-corrected chi connectivity index (χ4v) is 2.83. The lowest BCUT2D eigenvalue weighted by molar-refractivity contribution is -0.164. The highest BCUT2D eigenvalue weighted by atomic mass is 16.6. The monoisotopic (exact) mass is 310 g/mol. The van der Waals surface area contributed by atoms with Crippen LogP contribution in [0.3, 0.4) is 0 Å². The zero-order chi connectivity index (χ0) is 16.5. The number of allylic oxidation sites excluding steroid dienone is 1. The first-order chi connectivity index (χ1) is 10.5. The van der Waals surface area contributed by atoms with Crippen LogP contribution in [-0.2, 0) is 19.1 Å². The summed E-state index contributed by atoms with van der Waals surface area (Å²) in [5.74, 6) is -1.49. The number of ether oxygens (including phenoxy) is 2. The van der Waals surface area contributed by atoms with E-state index in [1.165, 1.54) is 0 Å². The van der Waals surface area contributed by atoms with Gasteiger partial charge in [0.2, 0.25) is 0 Å². The topological polar surface area (TPSA) is 52.6 Å². The Balaban J connectivity index is 2.65. The van der Waals surface area contributed by atoms with Crippen molar-refractivity contribution in [2.75, 3.05) is 0 Å². The maximum atomic E-state index is 12.3. The zero-order valence-electron chi connectivity index (χ0n) is 14.3. The van der Waals surface area contributed by atoms with Crippen molar-refractivity contribution in [2.45, 2.75) is 78.4 Å². The molecular weight excluding hydrogens is 280 g/mol. The Morgan fingerprint density at radius 1 is 1.05 bits per heavy atom. The van der Waals surface area contributed by atoms with Crippen molar-refractivity contribution >= 4 is 11.9 Å². The minimum absolute atomic E-state index is 0.0981. The van der Waals surface area contributed by atoms with Gasteiger partial charge in [0.05, 0.1) is 24.0 Å². The van der Waals surface area contributed by atoms with Crippen LogP contribution >= 0.6 is 0 Å². The van der Waals surface area contributed by atoms with Crippen LogP contribution in [0, 0.1) is 11.8 Å². The average Bonchev–Trinajstić information content (AvgIpc) is 2.47. The Labute approximate surface area is 134 Å². The molecule has 0 radical (unpaired) electrons. The van der Waals surface area contributed by atoms with Crippen LogP contribution in [0.15, 0.2) is 12.2 Å². The molecule has 1 rings (SSSR count). The smallest absolute Gasteiger partial charge is 0.313 e. The summed E-state index contributed by atoms with van der Waals surface area (Å²) in [5.41, 5.74) is 0. The second-order valence-electron chi connectivity index (χ2n) is 6.21. The van der Waals surface area contributed by atoms with Crippen LogP contribution in [-0.4, -0.2) is 24.1 Å². The van der Waals surface area contributed by atoms with Crippen molar-refractivity contribution in [3.63, 3.8) is 0 Å². The molecule has 0 saturated carbocycles. The van der Waals surface area contributed by atoms with E-state index < -0.39 is 11.8 Å². The van der Waals surface area contributed by atoms with E-state index in [0.717, 1.165) is 32.1 Å². The second kappa shape index (κ2) is 9.65. The van der Waals surface area contributed by atoms with Gasteiger partial charge in [-0.3, -0.25) is 9.59 Å². The van der Waals surface area contributed by atoms with E-state index in [9.17, 15) is 9.59 Å². The normalized spacial score (nSPS) is 23.6. The lowest BCUT2D eigenvalue weighted by Gasteiger charge is -2.27. The van der Waals surface area contributed by atoms with E-state index in [-0.39, 0.29) is 24.1 Å². The van der Waals surface area contributed by atoms with Crippen LogP contribution in [0.2, 0.25) is 0 Å². The molecule has 0 fully saturated rings. The van der Waals surface area contributed by atoms with Gasteiger partial charge in [-0.15, -0.1) is 0 Å². The maximum Gasteiger partial charge on any atom is 0.313 e. The third-order valence-corrected chi connectivity index (χ3v) is 4.02. The molecular formula is C18H30O4. The third-order valence-electron chi connectivity index (χ3n) is 4.02. The molecule has 0 aliphatic heterocycles. The number of esters is 2. The van der Waals surface area contributed by atoms with Crippen LogP contribution in [0.4, 0.5) is 0 Å². The highest BCUT2D eigenvalue weighted by Crippen LogP contribution is 2.28. The Morgan fingerprint density at radius 3 is 2.14 bits per heavy atom. The van der Waals surface area contributed by atoms with Crippen LogP contribution in [0.1, 0.15) is 66.2 Å². The highest BCUT2D eigenvalue weighted by molar-refractivity contribution is 5.84. The summed E-state index contributed by atoms with van der Waals surface area (Å²) >= 11 is 0. The molecule has 4 nitrogen and oxygen atoms in total. The fraction of sp³-hybridized carbons (Fsp3) is 0.778. The van der Waals surface area contributed by atoms with Gasteiger partial charge in [0.1, 0.15) is 0 Å². The SMILES string of the molecule is CCCC(C)OC(=O)C1C=CCCC1C(=O)OC(C)CCC. The molecule has 0 aromatic heterocycles. The maximum absolute atomic E-state index is 12.3. The van der Waals surface area contributed by atoms with E-state index in [4.69, 9.17) is 9.47 Å². The molecule has 0 saturated heterocycles. The Morgan fingerprint density at radius 2 is 1.59 bits per heavy atom. The number of hydrogen-bond donors (Lipinski definition) is 0. The van der Waals surface area contributed by atoms with Gasteiger partial charge in [-0.1, -0.05) is 38.8 Å². The third kappa shape index (κ3) is 5.82. The van der Waals surface area contributed by atoms with E-state index in [1.54, 1.807) is 6.08 Å². The number of hydrogen-bond acceptors (Lipinski definition) is 4. The van der Waals surface area contributed by atoms with Gasteiger partial charge in [0.15, 0.2) is 0 Å². The Bertz CT molecular complexity index is 389. The van der Waals surface area contributed by atoms with Gasteiger partial charge in [-0.25, -0.2) is 0 Å². The van der Waals surface area contributed by atoms with Crippen LogP contribution < -0.4 is 0 Å². The summed E-state index contributed by atoms with van der Waals surface area (Å²) in [4.78, 5) is 24.7. The molecule has 4 unspecified atom stereocenters. The minimum atomic E-state index is -0.505. The molecule has 22 heavy (non-hydrogen) atoms. The van der Waals surface area contributed by atoms with Crippen LogP contribution in [0.25, 0.3) is 0 Å². The summed E-state index contributed by atoms with van der Waals surface area (Å²) in [7, 11) is 0.